The van der Waals surface area contributed by atoms with Crippen LogP contribution >= 0.6 is 0 Å². The normalized spacial score (nSPS) is 11.5. The first-order chi connectivity index (χ1) is 16.1. The maximum absolute atomic E-state index is 13.6. The van der Waals surface area contributed by atoms with Crippen molar-refractivity contribution in [1.29, 1.82) is 0 Å². The summed E-state index contributed by atoms with van der Waals surface area (Å²) in [5, 5.41) is 3.00. The zero-order chi connectivity index (χ0) is 23.5. The van der Waals surface area contributed by atoms with Crippen LogP contribution in [0.4, 0.5) is 0 Å². The van der Waals surface area contributed by atoms with Crippen molar-refractivity contribution in [3.63, 3.8) is 0 Å². The predicted molar refractivity (Wildman–Crippen MR) is 131 cm³/mol. The number of amides is 2. The summed E-state index contributed by atoms with van der Waals surface area (Å²) in [4.78, 5) is 28.6. The fraction of sp³-hybridized carbons (Fsp3) is 0.286. The van der Waals surface area contributed by atoms with Crippen molar-refractivity contribution in [2.75, 3.05) is 13.7 Å². The Balaban J connectivity index is 1.95. The molecule has 1 atom stereocenters. The Morgan fingerprint density at radius 1 is 0.879 bits per heavy atom. The first-order valence-electron chi connectivity index (χ1n) is 11.4. The van der Waals surface area contributed by atoms with Gasteiger partial charge in [0.25, 0.3) is 0 Å². The molecule has 2 amide bonds. The number of ether oxygens (including phenoxy) is 1. The molecular weight excluding hydrogens is 412 g/mol. The Labute approximate surface area is 196 Å². The van der Waals surface area contributed by atoms with E-state index in [9.17, 15) is 9.59 Å². The fourth-order valence-electron chi connectivity index (χ4n) is 3.76. The molecule has 0 aliphatic rings. The standard InChI is InChI=1S/C28H32N2O3/c1-3-17-29-28(32)26(19-22-11-6-4-7-12-22)30(21-24-15-10-16-25(18-24)33-2)27(31)20-23-13-8-5-9-14-23/h4-16,18,26H,3,17,19-21H2,1-2H3,(H,29,32)/t26-/m1/s1. The Hall–Kier alpha value is -3.60. The quantitative estimate of drug-likeness (QED) is 0.477. The first kappa shape index (κ1) is 24.1. The first-order valence-corrected chi connectivity index (χ1v) is 11.4. The molecule has 5 nitrogen and oxygen atoms in total. The molecule has 0 unspecified atom stereocenters. The number of carbonyl (C=O) groups excluding carboxylic acids is 2. The van der Waals surface area contributed by atoms with Gasteiger partial charge >= 0.3 is 0 Å². The Bertz CT molecular complexity index is 1020. The summed E-state index contributed by atoms with van der Waals surface area (Å²) in [7, 11) is 1.62. The average Bonchev–Trinajstić information content (AvgIpc) is 2.86. The van der Waals surface area contributed by atoms with E-state index >= 15 is 0 Å². The second-order valence-corrected chi connectivity index (χ2v) is 8.03. The highest BCUT2D eigenvalue weighted by Crippen LogP contribution is 2.19. The van der Waals surface area contributed by atoms with E-state index in [0.29, 0.717) is 19.5 Å². The zero-order valence-electron chi connectivity index (χ0n) is 19.4. The molecule has 3 aromatic rings. The van der Waals surface area contributed by atoms with E-state index in [2.05, 4.69) is 5.32 Å². The van der Waals surface area contributed by atoms with Gasteiger partial charge in [-0.1, -0.05) is 79.7 Å². The van der Waals surface area contributed by atoms with E-state index < -0.39 is 6.04 Å². The highest BCUT2D eigenvalue weighted by molar-refractivity contribution is 5.88. The topological polar surface area (TPSA) is 58.6 Å². The maximum Gasteiger partial charge on any atom is 0.243 e. The van der Waals surface area contributed by atoms with Crippen molar-refractivity contribution in [3.8, 4) is 5.75 Å². The number of hydrogen-bond acceptors (Lipinski definition) is 3. The largest absolute Gasteiger partial charge is 0.497 e. The average molecular weight is 445 g/mol. The lowest BCUT2D eigenvalue weighted by Gasteiger charge is -2.31. The number of methoxy groups -OCH3 is 1. The van der Waals surface area contributed by atoms with Gasteiger partial charge in [0.05, 0.1) is 13.5 Å². The third kappa shape index (κ3) is 7.21. The number of benzene rings is 3. The van der Waals surface area contributed by atoms with Crippen molar-refractivity contribution in [3.05, 3.63) is 102 Å². The summed E-state index contributed by atoms with van der Waals surface area (Å²) >= 11 is 0. The van der Waals surface area contributed by atoms with Crippen LogP contribution in [0.5, 0.6) is 5.75 Å². The summed E-state index contributed by atoms with van der Waals surface area (Å²) in [6.45, 7) is 2.91. The van der Waals surface area contributed by atoms with Gasteiger partial charge in [-0.25, -0.2) is 0 Å². The minimum atomic E-state index is -0.624. The van der Waals surface area contributed by atoms with Gasteiger partial charge in [-0.3, -0.25) is 9.59 Å². The molecule has 0 heterocycles. The highest BCUT2D eigenvalue weighted by atomic mass is 16.5. The van der Waals surface area contributed by atoms with E-state index in [0.717, 1.165) is 28.9 Å². The Morgan fingerprint density at radius 2 is 1.52 bits per heavy atom. The second kappa shape index (κ2) is 12.4. The number of nitrogens with zero attached hydrogens (tertiary/aromatic N) is 1. The van der Waals surface area contributed by atoms with E-state index in [-0.39, 0.29) is 18.2 Å². The molecule has 0 radical (unpaired) electrons. The number of hydrogen-bond donors (Lipinski definition) is 1. The molecule has 3 rings (SSSR count). The van der Waals surface area contributed by atoms with Crippen LogP contribution in [-0.2, 0) is 29.0 Å². The van der Waals surface area contributed by atoms with Gasteiger partial charge in [-0.15, -0.1) is 0 Å². The van der Waals surface area contributed by atoms with Crippen LogP contribution in [0, 0.1) is 0 Å². The summed E-state index contributed by atoms with van der Waals surface area (Å²) in [6, 6.07) is 26.5. The van der Waals surface area contributed by atoms with E-state index in [1.54, 1.807) is 12.0 Å². The van der Waals surface area contributed by atoms with Crippen LogP contribution in [0.25, 0.3) is 0 Å². The lowest BCUT2D eigenvalue weighted by atomic mass is 10.0. The van der Waals surface area contributed by atoms with E-state index in [1.165, 1.54) is 0 Å². The van der Waals surface area contributed by atoms with Crippen molar-refractivity contribution < 1.29 is 14.3 Å². The third-order valence-corrected chi connectivity index (χ3v) is 5.51. The summed E-state index contributed by atoms with van der Waals surface area (Å²) in [5.41, 5.74) is 2.85. The lowest BCUT2D eigenvalue weighted by molar-refractivity contribution is -0.140. The Kier molecular flexibility index (Phi) is 9.07. The zero-order valence-corrected chi connectivity index (χ0v) is 19.4. The second-order valence-electron chi connectivity index (χ2n) is 8.03. The maximum atomic E-state index is 13.6. The molecule has 172 valence electrons. The molecule has 0 fully saturated rings. The van der Waals surface area contributed by atoms with Gasteiger partial charge in [0.15, 0.2) is 0 Å². The predicted octanol–water partition coefficient (Wildman–Crippen LogP) is 4.40. The van der Waals surface area contributed by atoms with Crippen LogP contribution in [0.15, 0.2) is 84.9 Å². The van der Waals surface area contributed by atoms with Crippen LogP contribution in [0.2, 0.25) is 0 Å². The minimum Gasteiger partial charge on any atom is -0.497 e. The minimum absolute atomic E-state index is 0.0865. The summed E-state index contributed by atoms with van der Waals surface area (Å²) in [5.74, 6) is 0.500. The molecule has 1 N–H and O–H groups in total. The summed E-state index contributed by atoms with van der Waals surface area (Å²) < 4.78 is 5.37. The molecule has 5 heteroatoms. The van der Waals surface area contributed by atoms with Gasteiger partial charge < -0.3 is 15.0 Å². The van der Waals surface area contributed by atoms with Gasteiger partial charge in [0.2, 0.25) is 11.8 Å². The van der Waals surface area contributed by atoms with Crippen molar-refractivity contribution in [1.82, 2.24) is 10.2 Å². The molecule has 0 spiro atoms. The molecule has 33 heavy (non-hydrogen) atoms. The number of rotatable bonds is 11. The van der Waals surface area contributed by atoms with Gasteiger partial charge in [0.1, 0.15) is 11.8 Å². The molecule has 0 saturated heterocycles. The smallest absolute Gasteiger partial charge is 0.243 e. The molecular formula is C28H32N2O3. The SMILES string of the molecule is CCCNC(=O)[C@@H](Cc1ccccc1)N(Cc1cccc(OC)c1)C(=O)Cc1ccccc1. The van der Waals surface area contributed by atoms with Crippen LogP contribution in [0.1, 0.15) is 30.0 Å². The van der Waals surface area contributed by atoms with Gasteiger partial charge in [-0.2, -0.15) is 0 Å². The molecule has 0 aliphatic heterocycles. The molecule has 0 saturated carbocycles. The lowest BCUT2D eigenvalue weighted by Crippen LogP contribution is -2.51. The van der Waals surface area contributed by atoms with Crippen LogP contribution in [0.3, 0.4) is 0 Å². The monoisotopic (exact) mass is 444 g/mol. The fourth-order valence-corrected chi connectivity index (χ4v) is 3.76. The van der Waals surface area contributed by atoms with E-state index in [4.69, 9.17) is 4.74 Å². The Morgan fingerprint density at radius 3 is 2.15 bits per heavy atom. The van der Waals surface area contributed by atoms with E-state index in [1.807, 2.05) is 91.9 Å². The summed E-state index contributed by atoms with van der Waals surface area (Å²) in [6.07, 6.45) is 1.51. The van der Waals surface area contributed by atoms with Crippen molar-refractivity contribution in [2.45, 2.75) is 38.8 Å². The van der Waals surface area contributed by atoms with Crippen molar-refractivity contribution >= 4 is 11.8 Å². The van der Waals surface area contributed by atoms with Gasteiger partial charge in [0, 0.05) is 19.5 Å². The van der Waals surface area contributed by atoms with Crippen LogP contribution < -0.4 is 10.1 Å². The van der Waals surface area contributed by atoms with Crippen LogP contribution in [-0.4, -0.2) is 36.4 Å². The molecule has 0 aromatic heterocycles. The number of nitrogens with one attached hydrogen (secondary N) is 1. The molecule has 3 aromatic carbocycles. The number of carbonyl (C=O) groups is 2. The molecule has 0 bridgehead atoms. The van der Waals surface area contributed by atoms with Crippen molar-refractivity contribution in [2.24, 2.45) is 0 Å². The third-order valence-electron chi connectivity index (χ3n) is 5.51. The molecule has 0 aliphatic carbocycles. The van der Waals surface area contributed by atoms with Gasteiger partial charge in [-0.05, 0) is 35.2 Å². The highest BCUT2D eigenvalue weighted by Gasteiger charge is 2.30.